The summed E-state index contributed by atoms with van der Waals surface area (Å²) < 4.78 is 70.4. The van der Waals surface area contributed by atoms with E-state index in [1.54, 1.807) is 4.72 Å². The van der Waals surface area contributed by atoms with Crippen molar-refractivity contribution < 1.29 is 24.7 Å². The standard InChI is InChI=1S/C17H14ClF2N3O3S/c1-2-5-27(25,26)23-13-4-3-12(19)14(15(13)20)16(24)11-8-22-17-10(11)6-9(18)7-21-17/h3-4,6-8,23H,2,5H2,1H3,(H,21,22)/i5D2. The Morgan fingerprint density at radius 1 is 1.41 bits per heavy atom. The molecule has 1 aromatic carbocycles. The second-order valence-electron chi connectivity index (χ2n) is 5.47. The molecular formula is C17H14ClF2N3O3S. The van der Waals surface area contributed by atoms with E-state index in [4.69, 9.17) is 14.3 Å². The van der Waals surface area contributed by atoms with Gasteiger partial charge in [-0.25, -0.2) is 22.2 Å². The van der Waals surface area contributed by atoms with Crippen LogP contribution in [0.2, 0.25) is 5.02 Å². The van der Waals surface area contributed by atoms with Crippen molar-refractivity contribution in [3.05, 3.63) is 58.4 Å². The molecule has 6 nitrogen and oxygen atoms in total. The van der Waals surface area contributed by atoms with Gasteiger partial charge >= 0.3 is 0 Å². The summed E-state index contributed by atoms with van der Waals surface area (Å²) in [6, 6.07) is 2.89. The summed E-state index contributed by atoms with van der Waals surface area (Å²) in [7, 11) is -4.66. The Bertz CT molecular complexity index is 1230. The van der Waals surface area contributed by atoms with Crippen molar-refractivity contribution in [2.24, 2.45) is 0 Å². The Hall–Kier alpha value is -2.52. The van der Waals surface area contributed by atoms with Crippen molar-refractivity contribution in [3.8, 4) is 0 Å². The predicted molar refractivity (Wildman–Crippen MR) is 98.6 cm³/mol. The number of nitrogens with one attached hydrogen (secondary N) is 2. The fraction of sp³-hybridized carbons (Fsp3) is 0.176. The molecule has 0 unspecified atom stereocenters. The van der Waals surface area contributed by atoms with Crippen LogP contribution in [0.1, 0.15) is 32.0 Å². The largest absolute Gasteiger partial charge is 0.345 e. The SMILES string of the molecule is [2H]C([2H])(CC)S(=O)(=O)Nc1ccc(F)c(C(=O)c2c[nH]c3ncc(Cl)cc23)c1F. The minimum absolute atomic E-state index is 0.114. The van der Waals surface area contributed by atoms with Gasteiger partial charge in [0.25, 0.3) is 0 Å². The van der Waals surface area contributed by atoms with E-state index in [1.165, 1.54) is 25.4 Å². The maximum Gasteiger partial charge on any atom is 0.232 e. The summed E-state index contributed by atoms with van der Waals surface area (Å²) in [6.07, 6.45) is 2.13. The number of ketones is 1. The first-order valence-electron chi connectivity index (χ1n) is 8.66. The molecular weight excluding hydrogens is 400 g/mol. The molecule has 3 rings (SSSR count). The van der Waals surface area contributed by atoms with Crippen molar-refractivity contribution >= 4 is 44.1 Å². The normalized spacial score (nSPS) is 13.3. The fourth-order valence-corrected chi connectivity index (χ4v) is 3.57. The van der Waals surface area contributed by atoms with Gasteiger partial charge in [0, 0.05) is 26.1 Å². The quantitative estimate of drug-likeness (QED) is 0.597. The Balaban J connectivity index is 2.10. The number of rotatable bonds is 6. The number of carbonyl (C=O) groups excluding carboxylic acids is 1. The van der Waals surface area contributed by atoms with Crippen LogP contribution in [0.15, 0.2) is 30.6 Å². The van der Waals surface area contributed by atoms with Gasteiger partial charge in [0.05, 0.1) is 22.0 Å². The number of benzene rings is 1. The van der Waals surface area contributed by atoms with Crippen molar-refractivity contribution in [2.75, 3.05) is 10.4 Å². The number of aromatic amines is 1. The van der Waals surface area contributed by atoms with Crippen LogP contribution in [0, 0.1) is 11.6 Å². The molecule has 0 amide bonds. The highest BCUT2D eigenvalue weighted by Gasteiger charge is 2.25. The lowest BCUT2D eigenvalue weighted by atomic mass is 10.0. The van der Waals surface area contributed by atoms with Crippen molar-refractivity contribution in [3.63, 3.8) is 0 Å². The zero-order chi connectivity index (χ0) is 21.6. The van der Waals surface area contributed by atoms with Crippen molar-refractivity contribution in [1.82, 2.24) is 9.97 Å². The van der Waals surface area contributed by atoms with Gasteiger partial charge in [-0.15, -0.1) is 0 Å². The summed E-state index contributed by atoms with van der Waals surface area (Å²) >= 11 is 5.87. The highest BCUT2D eigenvalue weighted by molar-refractivity contribution is 7.92. The van der Waals surface area contributed by atoms with E-state index in [9.17, 15) is 22.0 Å². The van der Waals surface area contributed by atoms with E-state index in [1.807, 2.05) is 0 Å². The number of hydrogen-bond donors (Lipinski definition) is 2. The number of hydrogen-bond acceptors (Lipinski definition) is 4. The van der Waals surface area contributed by atoms with E-state index in [-0.39, 0.29) is 21.6 Å². The van der Waals surface area contributed by atoms with Gasteiger partial charge in [0.1, 0.15) is 11.5 Å². The minimum atomic E-state index is -4.66. The smallest absolute Gasteiger partial charge is 0.232 e. The molecule has 10 heteroatoms. The molecule has 0 spiro atoms. The topological polar surface area (TPSA) is 91.9 Å². The van der Waals surface area contributed by atoms with E-state index < -0.39 is 50.8 Å². The molecule has 0 atom stereocenters. The summed E-state index contributed by atoms with van der Waals surface area (Å²) in [5, 5.41) is 0.435. The van der Waals surface area contributed by atoms with E-state index >= 15 is 0 Å². The molecule has 142 valence electrons. The highest BCUT2D eigenvalue weighted by atomic mass is 35.5. The van der Waals surface area contributed by atoms with Crippen LogP contribution in [0.25, 0.3) is 11.0 Å². The summed E-state index contributed by atoms with van der Waals surface area (Å²) in [5.41, 5.74) is -4.29. The molecule has 3 aromatic rings. The van der Waals surface area contributed by atoms with Crippen molar-refractivity contribution in [2.45, 2.75) is 13.3 Å². The summed E-state index contributed by atoms with van der Waals surface area (Å²) in [6.45, 7) is 1.30. The van der Waals surface area contributed by atoms with E-state index in [2.05, 4.69) is 9.97 Å². The number of anilines is 1. The Labute approximate surface area is 161 Å². The molecule has 0 aliphatic heterocycles. The molecule has 2 aromatic heterocycles. The summed E-state index contributed by atoms with van der Waals surface area (Å²) in [4.78, 5) is 19.5. The number of pyridine rings is 1. The van der Waals surface area contributed by atoms with Crippen LogP contribution >= 0.6 is 11.6 Å². The lowest BCUT2D eigenvalue weighted by molar-refractivity contribution is 0.103. The average molecular weight is 416 g/mol. The van der Waals surface area contributed by atoms with Gasteiger partial charge in [-0.1, -0.05) is 18.5 Å². The number of aromatic nitrogens is 2. The molecule has 0 radical (unpaired) electrons. The molecule has 0 saturated heterocycles. The zero-order valence-electron chi connectivity index (χ0n) is 15.8. The van der Waals surface area contributed by atoms with Crippen LogP contribution < -0.4 is 4.72 Å². The summed E-state index contributed by atoms with van der Waals surface area (Å²) in [5.74, 6) is -3.73. The zero-order valence-corrected chi connectivity index (χ0v) is 15.4. The third kappa shape index (κ3) is 3.79. The van der Waals surface area contributed by atoms with E-state index in [0.717, 1.165) is 12.1 Å². The first-order valence-corrected chi connectivity index (χ1v) is 9.52. The number of carbonyl (C=O) groups is 1. The first kappa shape index (κ1) is 16.6. The van der Waals surface area contributed by atoms with E-state index in [0.29, 0.717) is 0 Å². The second kappa shape index (κ2) is 7.24. The number of halogens is 3. The van der Waals surface area contributed by atoms with Crippen LogP contribution in [-0.4, -0.2) is 29.9 Å². The molecule has 0 fully saturated rings. The highest BCUT2D eigenvalue weighted by Crippen LogP contribution is 2.28. The van der Waals surface area contributed by atoms with Gasteiger partial charge in [-0.05, 0) is 24.6 Å². The fourth-order valence-electron chi connectivity index (χ4n) is 2.51. The first-order chi connectivity index (χ1) is 13.5. The molecule has 0 saturated carbocycles. The van der Waals surface area contributed by atoms with Crippen LogP contribution in [0.4, 0.5) is 14.5 Å². The number of nitrogens with zero attached hydrogens (tertiary/aromatic N) is 1. The maximum absolute atomic E-state index is 14.9. The minimum Gasteiger partial charge on any atom is -0.345 e. The molecule has 27 heavy (non-hydrogen) atoms. The molecule has 0 bridgehead atoms. The third-order valence-corrected chi connectivity index (χ3v) is 5.00. The van der Waals surface area contributed by atoms with Gasteiger partial charge in [0.15, 0.2) is 5.82 Å². The van der Waals surface area contributed by atoms with Gasteiger partial charge in [0.2, 0.25) is 15.8 Å². The molecule has 2 N–H and O–H groups in total. The van der Waals surface area contributed by atoms with Gasteiger partial charge < -0.3 is 4.98 Å². The lowest BCUT2D eigenvalue weighted by Crippen LogP contribution is -2.18. The maximum atomic E-state index is 14.9. The van der Waals surface area contributed by atoms with Gasteiger partial charge in [-0.3, -0.25) is 9.52 Å². The molecule has 0 aliphatic rings. The number of H-pyrrole nitrogens is 1. The number of sulfonamides is 1. The number of fused-ring (bicyclic) bond motifs is 1. The predicted octanol–water partition coefficient (Wildman–Crippen LogP) is 3.88. The molecule has 0 aliphatic carbocycles. The van der Waals surface area contributed by atoms with Gasteiger partial charge in [-0.2, -0.15) is 0 Å². The Morgan fingerprint density at radius 3 is 2.85 bits per heavy atom. The average Bonchev–Trinajstić information content (AvgIpc) is 3.06. The second-order valence-corrected chi connectivity index (χ2v) is 7.40. The Kier molecular flexibility index (Phi) is 4.46. The molecule has 2 heterocycles. The Morgan fingerprint density at radius 2 is 2.15 bits per heavy atom. The van der Waals surface area contributed by atoms with Crippen LogP contribution in [0.3, 0.4) is 0 Å². The van der Waals surface area contributed by atoms with Crippen molar-refractivity contribution in [1.29, 1.82) is 0 Å². The van der Waals surface area contributed by atoms with Crippen LogP contribution in [0.5, 0.6) is 0 Å². The third-order valence-electron chi connectivity index (χ3n) is 3.64. The monoisotopic (exact) mass is 415 g/mol. The lowest BCUT2D eigenvalue weighted by Gasteiger charge is -2.11. The van der Waals surface area contributed by atoms with Crippen LogP contribution in [-0.2, 0) is 10.0 Å².